The minimum atomic E-state index is -0.240. The van der Waals surface area contributed by atoms with Gasteiger partial charge in [0.1, 0.15) is 0 Å². The Labute approximate surface area is 174 Å². The van der Waals surface area contributed by atoms with E-state index in [0.717, 1.165) is 21.4 Å². The first-order valence-electron chi connectivity index (χ1n) is 7.89. The number of benzene rings is 2. The smallest absolute Gasteiger partial charge is 0.250 e. The van der Waals surface area contributed by atoms with Gasteiger partial charge >= 0.3 is 0 Å². The fourth-order valence-corrected chi connectivity index (χ4v) is 3.52. The third-order valence-electron chi connectivity index (χ3n) is 3.55. The maximum absolute atomic E-state index is 12.0. The number of amides is 1. The monoisotopic (exact) mass is 463 g/mol. The van der Waals surface area contributed by atoms with E-state index in [-0.39, 0.29) is 11.7 Å². The second-order valence-electron chi connectivity index (χ2n) is 5.48. The number of nitrogens with one attached hydrogen (secondary N) is 1. The van der Waals surface area contributed by atoms with Crippen LogP contribution in [-0.2, 0) is 11.8 Å². The van der Waals surface area contributed by atoms with E-state index in [4.69, 9.17) is 11.6 Å². The van der Waals surface area contributed by atoms with Crippen molar-refractivity contribution in [3.05, 3.63) is 63.6 Å². The Hall–Kier alpha value is -2.16. The van der Waals surface area contributed by atoms with Gasteiger partial charge in [-0.25, -0.2) is 5.43 Å². The SMILES string of the molecule is Cn1c(SCC(=O)N/N=C\c2ccccc2Cl)nnc1-c1cccc(Br)c1. The first-order chi connectivity index (χ1) is 13.0. The van der Waals surface area contributed by atoms with E-state index in [0.29, 0.717) is 10.2 Å². The molecule has 0 spiro atoms. The summed E-state index contributed by atoms with van der Waals surface area (Å²) >= 11 is 10.8. The Kier molecular flexibility index (Phi) is 6.65. The zero-order valence-corrected chi connectivity index (χ0v) is 17.4. The molecule has 3 rings (SSSR count). The number of halogens is 2. The molecular weight excluding hydrogens is 450 g/mol. The Morgan fingerprint density at radius 2 is 2.11 bits per heavy atom. The summed E-state index contributed by atoms with van der Waals surface area (Å²) < 4.78 is 2.82. The topological polar surface area (TPSA) is 72.2 Å². The van der Waals surface area contributed by atoms with Crippen LogP contribution in [0.5, 0.6) is 0 Å². The fraction of sp³-hybridized carbons (Fsp3) is 0.111. The molecule has 1 N–H and O–H groups in total. The Morgan fingerprint density at radius 1 is 1.30 bits per heavy atom. The van der Waals surface area contributed by atoms with Crippen molar-refractivity contribution in [1.29, 1.82) is 0 Å². The molecule has 0 saturated carbocycles. The third kappa shape index (κ3) is 5.18. The van der Waals surface area contributed by atoms with Crippen molar-refractivity contribution in [2.45, 2.75) is 5.16 Å². The van der Waals surface area contributed by atoms with E-state index in [1.165, 1.54) is 18.0 Å². The van der Waals surface area contributed by atoms with Crippen molar-refractivity contribution >= 4 is 51.4 Å². The van der Waals surface area contributed by atoms with Crippen LogP contribution in [0, 0.1) is 0 Å². The predicted octanol–water partition coefficient (Wildman–Crippen LogP) is 4.14. The molecule has 0 aliphatic rings. The molecule has 3 aromatic rings. The molecular formula is C18H15BrClN5OS. The maximum Gasteiger partial charge on any atom is 0.250 e. The largest absolute Gasteiger partial charge is 0.305 e. The zero-order valence-electron chi connectivity index (χ0n) is 14.3. The van der Waals surface area contributed by atoms with Crippen molar-refractivity contribution in [2.24, 2.45) is 12.1 Å². The molecule has 1 heterocycles. The van der Waals surface area contributed by atoms with Crippen LogP contribution in [0.1, 0.15) is 5.56 Å². The first kappa shape index (κ1) is 19.6. The van der Waals surface area contributed by atoms with Crippen LogP contribution in [0.2, 0.25) is 5.02 Å². The lowest BCUT2D eigenvalue weighted by atomic mass is 10.2. The van der Waals surface area contributed by atoms with Gasteiger partial charge in [-0.05, 0) is 18.2 Å². The van der Waals surface area contributed by atoms with Crippen LogP contribution in [-0.4, -0.2) is 32.6 Å². The number of hydrazone groups is 1. The van der Waals surface area contributed by atoms with E-state index in [1.54, 1.807) is 6.07 Å². The van der Waals surface area contributed by atoms with Gasteiger partial charge in [0.2, 0.25) is 0 Å². The van der Waals surface area contributed by atoms with Gasteiger partial charge in [0.05, 0.1) is 12.0 Å². The van der Waals surface area contributed by atoms with Gasteiger partial charge in [-0.3, -0.25) is 4.79 Å². The Morgan fingerprint density at radius 3 is 2.89 bits per heavy atom. The van der Waals surface area contributed by atoms with Crippen molar-refractivity contribution < 1.29 is 4.79 Å². The number of nitrogens with zero attached hydrogens (tertiary/aromatic N) is 4. The quantitative estimate of drug-likeness (QED) is 0.338. The highest BCUT2D eigenvalue weighted by Gasteiger charge is 2.13. The number of carbonyl (C=O) groups excluding carboxylic acids is 1. The Bertz CT molecular complexity index is 991. The van der Waals surface area contributed by atoms with Gasteiger partial charge in [-0.15, -0.1) is 10.2 Å². The van der Waals surface area contributed by atoms with Crippen LogP contribution in [0.4, 0.5) is 0 Å². The highest BCUT2D eigenvalue weighted by Crippen LogP contribution is 2.24. The first-order valence-corrected chi connectivity index (χ1v) is 10.0. The van der Waals surface area contributed by atoms with Crippen LogP contribution in [0.25, 0.3) is 11.4 Å². The normalized spacial score (nSPS) is 11.1. The summed E-state index contributed by atoms with van der Waals surface area (Å²) in [5.74, 6) is 0.663. The second kappa shape index (κ2) is 9.16. The maximum atomic E-state index is 12.0. The van der Waals surface area contributed by atoms with Gasteiger partial charge in [0.15, 0.2) is 11.0 Å². The zero-order chi connectivity index (χ0) is 19.2. The Balaban J connectivity index is 1.57. The van der Waals surface area contributed by atoms with Crippen molar-refractivity contribution in [2.75, 3.05) is 5.75 Å². The third-order valence-corrected chi connectivity index (χ3v) is 5.41. The minimum Gasteiger partial charge on any atom is -0.305 e. The molecule has 0 bridgehead atoms. The highest BCUT2D eigenvalue weighted by atomic mass is 79.9. The molecule has 1 aromatic heterocycles. The van der Waals surface area contributed by atoms with E-state index in [1.807, 2.05) is 54.1 Å². The number of thioether (sulfide) groups is 1. The average molecular weight is 465 g/mol. The fourth-order valence-electron chi connectivity index (χ4n) is 2.24. The second-order valence-corrected chi connectivity index (χ2v) is 7.74. The summed E-state index contributed by atoms with van der Waals surface area (Å²) in [5, 5.41) is 13.5. The number of rotatable bonds is 6. The van der Waals surface area contributed by atoms with E-state index < -0.39 is 0 Å². The molecule has 2 aromatic carbocycles. The molecule has 9 heteroatoms. The summed E-state index contributed by atoms with van der Waals surface area (Å²) in [5.41, 5.74) is 4.16. The van der Waals surface area contributed by atoms with Crippen molar-refractivity contribution in [3.63, 3.8) is 0 Å². The number of aromatic nitrogens is 3. The van der Waals surface area contributed by atoms with Gasteiger partial charge in [-0.1, -0.05) is 69.6 Å². The molecule has 138 valence electrons. The van der Waals surface area contributed by atoms with Gasteiger partial charge < -0.3 is 4.57 Å². The number of carbonyl (C=O) groups is 1. The number of hydrogen-bond acceptors (Lipinski definition) is 5. The molecule has 1 amide bonds. The van der Waals surface area contributed by atoms with E-state index in [2.05, 4.69) is 36.7 Å². The van der Waals surface area contributed by atoms with Gasteiger partial charge in [0, 0.05) is 27.7 Å². The summed E-state index contributed by atoms with van der Waals surface area (Å²) in [6.45, 7) is 0. The molecule has 0 unspecified atom stereocenters. The predicted molar refractivity (Wildman–Crippen MR) is 112 cm³/mol. The van der Waals surface area contributed by atoms with Gasteiger partial charge in [-0.2, -0.15) is 5.10 Å². The molecule has 0 fully saturated rings. The standard InChI is InChI=1S/C18H15BrClN5OS/c1-25-17(12-6-4-7-14(19)9-12)23-24-18(25)27-11-16(26)22-21-10-13-5-2-3-8-15(13)20/h2-10H,11H2,1H3,(H,22,26)/b21-10-. The lowest BCUT2D eigenvalue weighted by molar-refractivity contribution is -0.118. The summed E-state index contributed by atoms with van der Waals surface area (Å²) in [6.07, 6.45) is 1.51. The van der Waals surface area contributed by atoms with E-state index in [9.17, 15) is 4.79 Å². The molecule has 0 atom stereocenters. The highest BCUT2D eigenvalue weighted by molar-refractivity contribution is 9.10. The van der Waals surface area contributed by atoms with Gasteiger partial charge in [0.25, 0.3) is 5.91 Å². The van der Waals surface area contributed by atoms with Crippen LogP contribution < -0.4 is 5.43 Å². The molecule has 0 saturated heterocycles. The summed E-state index contributed by atoms with van der Waals surface area (Å²) in [4.78, 5) is 12.0. The molecule has 0 radical (unpaired) electrons. The average Bonchev–Trinajstić information content (AvgIpc) is 3.02. The minimum absolute atomic E-state index is 0.171. The molecule has 6 nitrogen and oxygen atoms in total. The van der Waals surface area contributed by atoms with Crippen LogP contribution in [0.15, 0.2) is 63.3 Å². The summed E-state index contributed by atoms with van der Waals surface area (Å²) in [7, 11) is 1.87. The van der Waals surface area contributed by atoms with Crippen LogP contribution in [0.3, 0.4) is 0 Å². The van der Waals surface area contributed by atoms with Crippen LogP contribution >= 0.6 is 39.3 Å². The molecule has 27 heavy (non-hydrogen) atoms. The summed E-state index contributed by atoms with van der Waals surface area (Å²) in [6, 6.07) is 15.1. The van der Waals surface area contributed by atoms with E-state index >= 15 is 0 Å². The molecule has 0 aliphatic heterocycles. The lowest BCUT2D eigenvalue weighted by Gasteiger charge is -2.04. The lowest BCUT2D eigenvalue weighted by Crippen LogP contribution is -2.19. The van der Waals surface area contributed by atoms with Crippen molar-refractivity contribution in [1.82, 2.24) is 20.2 Å². The number of hydrogen-bond donors (Lipinski definition) is 1. The van der Waals surface area contributed by atoms with Crippen molar-refractivity contribution in [3.8, 4) is 11.4 Å². The molecule has 0 aliphatic carbocycles.